The highest BCUT2D eigenvalue weighted by molar-refractivity contribution is 6.32. The first-order valence-electron chi connectivity index (χ1n) is 26.4. The topological polar surface area (TPSA) is 0 Å². The number of hydrogen-bond donors (Lipinski definition) is 0. The summed E-state index contributed by atoms with van der Waals surface area (Å²) < 4.78 is 0. The monoisotopic (exact) mass is 960 g/mol. The average Bonchev–Trinajstić information content (AvgIpc) is 3.64. The van der Waals surface area contributed by atoms with Crippen LogP contribution in [-0.4, -0.2) is 0 Å². The molecule has 0 N–H and O–H groups in total. The summed E-state index contributed by atoms with van der Waals surface area (Å²) in [5.41, 5.74) is 19.3. The largest absolute Gasteiger partial charge is 0.0622 e. The molecule has 0 aliphatic heterocycles. The molecule has 0 aliphatic rings. The van der Waals surface area contributed by atoms with E-state index in [1.165, 1.54) is 154 Å². The summed E-state index contributed by atoms with van der Waals surface area (Å²) >= 11 is 0. The van der Waals surface area contributed by atoms with Crippen LogP contribution in [0.3, 0.4) is 0 Å². The lowest BCUT2D eigenvalue weighted by Crippen LogP contribution is -1.95. The van der Waals surface area contributed by atoms with Crippen LogP contribution in [0.1, 0.15) is 0 Å². The molecule has 0 heteroatoms. The third kappa shape index (κ3) is 7.45. The molecule has 0 nitrogen and oxygen atoms in total. The van der Waals surface area contributed by atoms with Crippen molar-refractivity contribution < 1.29 is 0 Å². The van der Waals surface area contributed by atoms with E-state index in [1.807, 2.05) is 0 Å². The highest BCUT2D eigenvalue weighted by Gasteiger charge is 2.22. The minimum atomic E-state index is 1.19. The molecule has 0 spiro atoms. The van der Waals surface area contributed by atoms with Gasteiger partial charge >= 0.3 is 0 Å². The van der Waals surface area contributed by atoms with Gasteiger partial charge in [-0.05, 0) is 184 Å². The van der Waals surface area contributed by atoms with Crippen LogP contribution in [0.4, 0.5) is 0 Å². The third-order valence-corrected chi connectivity index (χ3v) is 16.0. The quantitative estimate of drug-likeness (QED) is 0.133. The first-order valence-corrected chi connectivity index (χ1v) is 26.4. The van der Waals surface area contributed by atoms with Gasteiger partial charge in [0.25, 0.3) is 0 Å². The second-order valence-corrected chi connectivity index (χ2v) is 20.3. The first-order chi connectivity index (χ1) is 37.6. The molecule has 15 aromatic rings. The summed E-state index contributed by atoms with van der Waals surface area (Å²) in [5.74, 6) is 0. The smallest absolute Gasteiger partial charge is 0.00139 e. The Labute approximate surface area is 442 Å². The maximum atomic E-state index is 2.47. The van der Waals surface area contributed by atoms with E-state index in [4.69, 9.17) is 0 Å². The molecule has 0 atom stereocenters. The molecule has 0 bridgehead atoms. The minimum absolute atomic E-state index is 1.19. The molecule has 0 saturated carbocycles. The minimum Gasteiger partial charge on any atom is -0.0622 e. The molecule has 0 unspecified atom stereocenters. The van der Waals surface area contributed by atoms with Gasteiger partial charge < -0.3 is 0 Å². The van der Waals surface area contributed by atoms with Crippen molar-refractivity contribution in [1.82, 2.24) is 0 Å². The van der Waals surface area contributed by atoms with Crippen LogP contribution in [0.25, 0.3) is 154 Å². The Morgan fingerprint density at radius 3 is 0.803 bits per heavy atom. The van der Waals surface area contributed by atoms with Crippen molar-refractivity contribution in [2.75, 3.05) is 0 Å². The number of rotatable bonds is 8. The van der Waals surface area contributed by atoms with Crippen molar-refractivity contribution >= 4 is 64.6 Å². The molecule has 0 aromatic heterocycles. The van der Waals surface area contributed by atoms with Crippen LogP contribution in [0, 0.1) is 0 Å². The van der Waals surface area contributed by atoms with Crippen LogP contribution in [0.2, 0.25) is 0 Å². The first kappa shape index (κ1) is 43.7. The van der Waals surface area contributed by atoms with Crippen molar-refractivity contribution in [3.63, 3.8) is 0 Å². The van der Waals surface area contributed by atoms with E-state index in [-0.39, 0.29) is 0 Å². The van der Waals surface area contributed by atoms with Crippen molar-refractivity contribution in [3.8, 4) is 89.0 Å². The van der Waals surface area contributed by atoms with Gasteiger partial charge in [0.2, 0.25) is 0 Å². The van der Waals surface area contributed by atoms with E-state index in [2.05, 4.69) is 291 Å². The molecule has 15 rings (SSSR count). The molecule has 76 heavy (non-hydrogen) atoms. The highest BCUT2D eigenvalue weighted by Crippen LogP contribution is 2.50. The Morgan fingerprint density at radius 2 is 0.408 bits per heavy atom. The molecule has 0 aliphatic carbocycles. The summed E-state index contributed by atoms with van der Waals surface area (Å²) in [5, 5.41) is 15.0. The Kier molecular flexibility index (Phi) is 10.3. The summed E-state index contributed by atoms with van der Waals surface area (Å²) in [6.07, 6.45) is 0. The van der Waals surface area contributed by atoms with Crippen LogP contribution in [-0.2, 0) is 0 Å². The standard InChI is InChI=1S/C76H48/c1-2-15-55(16-3-1)65-20-10-11-21-66(65)74-48-73(58-35-26-54(27-36-58)64-39-30-51-14-6-9-19-61(51)46-64)69-41-40-67-71(56-31-22-52(23-32-56)62-37-28-49-12-4-7-17-59(49)44-62)47-72(68-42-43-70(74)76(69)75(67)68)57-33-24-53(25-34-57)63-38-29-50-13-5-8-18-60(50)45-63/h1-48H. The maximum absolute atomic E-state index is 2.47. The molecule has 0 heterocycles. The number of benzene rings is 15. The Bertz CT molecular complexity index is 4550. The number of hydrogen-bond acceptors (Lipinski definition) is 0. The zero-order chi connectivity index (χ0) is 50.1. The normalized spacial score (nSPS) is 11.7. The van der Waals surface area contributed by atoms with Gasteiger partial charge in [-0.25, -0.2) is 0 Å². The van der Waals surface area contributed by atoms with E-state index in [0.29, 0.717) is 0 Å². The lowest BCUT2D eigenvalue weighted by Gasteiger charge is -2.22. The van der Waals surface area contributed by atoms with Crippen LogP contribution >= 0.6 is 0 Å². The third-order valence-electron chi connectivity index (χ3n) is 16.0. The van der Waals surface area contributed by atoms with E-state index in [9.17, 15) is 0 Å². The molecule has 0 amide bonds. The molecule has 352 valence electrons. The zero-order valence-electron chi connectivity index (χ0n) is 41.7. The predicted octanol–water partition coefficient (Wildman–Crippen LogP) is 21.4. The maximum Gasteiger partial charge on any atom is -0.00139 e. The number of fused-ring (bicyclic) bond motifs is 3. The molecule has 0 saturated heterocycles. The van der Waals surface area contributed by atoms with Crippen LogP contribution in [0.15, 0.2) is 291 Å². The van der Waals surface area contributed by atoms with Gasteiger partial charge in [-0.3, -0.25) is 0 Å². The summed E-state index contributed by atoms with van der Waals surface area (Å²) in [7, 11) is 0. The molecular formula is C76H48. The van der Waals surface area contributed by atoms with Gasteiger partial charge in [-0.1, -0.05) is 261 Å². The second kappa shape index (κ2) is 18.0. The zero-order valence-corrected chi connectivity index (χ0v) is 41.7. The SMILES string of the molecule is c1ccc(-c2ccccc2-c2cc(-c3ccc(-c4ccc5ccccc5c4)cc3)c3ccc4c(-c5ccc(-c6ccc7ccccc7c6)cc5)cc(-c5ccc(-c6ccc7ccccc7c6)cc5)c5ccc2c3c45)cc1. The fourth-order valence-corrected chi connectivity index (χ4v) is 12.2. The highest BCUT2D eigenvalue weighted by atomic mass is 14.3. The fourth-order valence-electron chi connectivity index (χ4n) is 12.2. The van der Waals surface area contributed by atoms with Crippen molar-refractivity contribution in [2.24, 2.45) is 0 Å². The lowest BCUT2D eigenvalue weighted by molar-refractivity contribution is 1.59. The predicted molar refractivity (Wildman–Crippen MR) is 326 cm³/mol. The van der Waals surface area contributed by atoms with E-state index >= 15 is 0 Å². The Balaban J connectivity index is 0.965. The Morgan fingerprint density at radius 1 is 0.132 bits per heavy atom. The lowest BCUT2D eigenvalue weighted by atomic mass is 9.81. The van der Waals surface area contributed by atoms with Gasteiger partial charge in [0.15, 0.2) is 0 Å². The van der Waals surface area contributed by atoms with Gasteiger partial charge in [0.1, 0.15) is 0 Å². The molecule has 0 fully saturated rings. The summed E-state index contributed by atoms with van der Waals surface area (Å²) in [4.78, 5) is 0. The van der Waals surface area contributed by atoms with Crippen LogP contribution in [0.5, 0.6) is 0 Å². The molecule has 15 aromatic carbocycles. The Hall–Kier alpha value is -9.88. The van der Waals surface area contributed by atoms with Gasteiger partial charge in [-0.15, -0.1) is 0 Å². The van der Waals surface area contributed by atoms with Gasteiger partial charge in [0.05, 0.1) is 0 Å². The van der Waals surface area contributed by atoms with Crippen molar-refractivity contribution in [1.29, 1.82) is 0 Å². The van der Waals surface area contributed by atoms with Gasteiger partial charge in [-0.2, -0.15) is 0 Å². The molecular weight excluding hydrogens is 913 g/mol. The van der Waals surface area contributed by atoms with E-state index in [0.717, 1.165) is 0 Å². The van der Waals surface area contributed by atoms with E-state index < -0.39 is 0 Å². The van der Waals surface area contributed by atoms with E-state index in [1.54, 1.807) is 0 Å². The van der Waals surface area contributed by atoms with Crippen LogP contribution < -0.4 is 0 Å². The van der Waals surface area contributed by atoms with Crippen molar-refractivity contribution in [3.05, 3.63) is 291 Å². The molecule has 0 radical (unpaired) electrons. The summed E-state index contributed by atoms with van der Waals surface area (Å²) in [6.45, 7) is 0. The summed E-state index contributed by atoms with van der Waals surface area (Å²) in [6, 6.07) is 108. The van der Waals surface area contributed by atoms with Gasteiger partial charge in [0, 0.05) is 0 Å². The average molecular weight is 961 g/mol. The second-order valence-electron chi connectivity index (χ2n) is 20.3. The van der Waals surface area contributed by atoms with Crippen molar-refractivity contribution in [2.45, 2.75) is 0 Å². The fraction of sp³-hybridized carbons (Fsp3) is 0.